The van der Waals surface area contributed by atoms with E-state index in [1.54, 1.807) is 6.07 Å². The van der Waals surface area contributed by atoms with Crippen molar-refractivity contribution < 1.29 is 4.74 Å². The van der Waals surface area contributed by atoms with Crippen molar-refractivity contribution in [2.45, 2.75) is 20.3 Å². The molecule has 0 aliphatic rings. The number of aryl methyl sites for hydroxylation is 2. The zero-order chi connectivity index (χ0) is 15.0. The fourth-order valence-corrected chi connectivity index (χ4v) is 2.91. The Hall–Kier alpha value is -1.92. The van der Waals surface area contributed by atoms with Crippen LogP contribution in [0, 0.1) is 6.92 Å². The molecule has 0 radical (unpaired) electrons. The lowest BCUT2D eigenvalue weighted by atomic mass is 10.2. The highest BCUT2D eigenvalue weighted by atomic mass is 35.5. The lowest BCUT2D eigenvalue weighted by molar-refractivity contribution is 0.469. The predicted octanol–water partition coefficient (Wildman–Crippen LogP) is 3.47. The first-order chi connectivity index (χ1) is 10.1. The van der Waals surface area contributed by atoms with Gasteiger partial charge in [-0.1, -0.05) is 24.6 Å². The van der Waals surface area contributed by atoms with Gasteiger partial charge in [0.1, 0.15) is 5.75 Å². The molecule has 3 aromatic rings. The summed E-state index contributed by atoms with van der Waals surface area (Å²) in [5, 5.41) is 4.96. The number of hydrogen-bond acceptors (Lipinski definition) is 5. The van der Waals surface area contributed by atoms with Crippen molar-refractivity contribution in [1.82, 2.24) is 14.6 Å². The summed E-state index contributed by atoms with van der Waals surface area (Å²) >= 11 is 7.33. The summed E-state index contributed by atoms with van der Waals surface area (Å²) in [6.07, 6.45) is 0.698. The van der Waals surface area contributed by atoms with E-state index in [1.807, 2.05) is 26.0 Å². The minimum absolute atomic E-state index is 0.210. The monoisotopic (exact) mass is 321 g/mol. The highest BCUT2D eigenvalue weighted by Crippen LogP contribution is 2.31. The molecule has 2 aromatic heterocycles. The first-order valence-electron chi connectivity index (χ1n) is 6.40. The molecule has 5 nitrogen and oxygen atoms in total. The van der Waals surface area contributed by atoms with E-state index in [0.717, 1.165) is 11.3 Å². The molecule has 0 amide bonds. The first-order valence-corrected chi connectivity index (χ1v) is 7.60. The van der Waals surface area contributed by atoms with Crippen molar-refractivity contribution in [3.05, 3.63) is 50.9 Å². The number of fused-ring (bicyclic) bond motifs is 1. The van der Waals surface area contributed by atoms with Crippen LogP contribution in [-0.4, -0.2) is 14.6 Å². The van der Waals surface area contributed by atoms with Crippen LogP contribution in [-0.2, 0) is 6.42 Å². The van der Waals surface area contributed by atoms with Crippen molar-refractivity contribution in [1.29, 1.82) is 0 Å². The Balaban J connectivity index is 2.01. The Morgan fingerprint density at radius 1 is 1.38 bits per heavy atom. The van der Waals surface area contributed by atoms with E-state index < -0.39 is 0 Å². The van der Waals surface area contributed by atoms with Gasteiger partial charge in [0.25, 0.3) is 10.8 Å². The molecular weight excluding hydrogens is 310 g/mol. The SMILES string of the molecule is CCc1cc(=O)n2nc(Oc3ccc(C)cc3Cl)sc2n1. The van der Waals surface area contributed by atoms with Crippen LogP contribution in [0.5, 0.6) is 10.9 Å². The maximum absolute atomic E-state index is 11.9. The van der Waals surface area contributed by atoms with E-state index in [1.165, 1.54) is 21.9 Å². The van der Waals surface area contributed by atoms with E-state index in [4.69, 9.17) is 16.3 Å². The lowest BCUT2D eigenvalue weighted by Crippen LogP contribution is -2.14. The molecule has 108 valence electrons. The molecule has 1 aromatic carbocycles. The quantitative estimate of drug-likeness (QED) is 0.741. The Labute approximate surface area is 129 Å². The van der Waals surface area contributed by atoms with Crippen molar-refractivity contribution in [2.75, 3.05) is 0 Å². The van der Waals surface area contributed by atoms with E-state index in [2.05, 4.69) is 10.1 Å². The Bertz CT molecular complexity index is 872. The number of halogens is 1. The van der Waals surface area contributed by atoms with Crippen LogP contribution in [0.15, 0.2) is 29.1 Å². The minimum Gasteiger partial charge on any atom is -0.428 e. The van der Waals surface area contributed by atoms with Crippen LogP contribution >= 0.6 is 22.9 Å². The third-order valence-electron chi connectivity index (χ3n) is 2.93. The van der Waals surface area contributed by atoms with Crippen LogP contribution in [0.2, 0.25) is 5.02 Å². The van der Waals surface area contributed by atoms with E-state index in [0.29, 0.717) is 27.3 Å². The highest BCUT2D eigenvalue weighted by molar-refractivity contribution is 7.18. The molecule has 0 bridgehead atoms. The van der Waals surface area contributed by atoms with Gasteiger partial charge in [-0.05, 0) is 42.4 Å². The molecule has 0 saturated carbocycles. The summed E-state index contributed by atoms with van der Waals surface area (Å²) in [5.74, 6) is 0.505. The number of aromatic nitrogens is 3. The van der Waals surface area contributed by atoms with Gasteiger partial charge in [-0.3, -0.25) is 4.79 Å². The summed E-state index contributed by atoms with van der Waals surface area (Å²) < 4.78 is 6.89. The van der Waals surface area contributed by atoms with Gasteiger partial charge in [0.15, 0.2) is 0 Å². The zero-order valence-electron chi connectivity index (χ0n) is 11.5. The summed E-state index contributed by atoms with van der Waals surface area (Å²) in [6, 6.07) is 6.96. The lowest BCUT2D eigenvalue weighted by Gasteiger charge is -2.03. The molecule has 0 N–H and O–H groups in total. The van der Waals surface area contributed by atoms with E-state index in [-0.39, 0.29) is 5.56 Å². The number of rotatable bonds is 3. The van der Waals surface area contributed by atoms with Gasteiger partial charge in [-0.15, -0.1) is 5.10 Å². The molecule has 0 unspecified atom stereocenters. The standard InChI is InChI=1S/C14H12ClN3O2S/c1-3-9-7-12(19)18-13(16-9)21-14(17-18)20-11-5-4-8(2)6-10(11)15/h4-7H,3H2,1-2H3. The maximum atomic E-state index is 11.9. The third kappa shape index (κ3) is 2.77. The molecular formula is C14H12ClN3O2S. The second-order valence-corrected chi connectivity index (χ2v) is 5.86. The van der Waals surface area contributed by atoms with E-state index in [9.17, 15) is 4.79 Å². The molecule has 0 spiro atoms. The molecule has 0 atom stereocenters. The fraction of sp³-hybridized carbons (Fsp3) is 0.214. The zero-order valence-corrected chi connectivity index (χ0v) is 13.0. The number of hydrogen-bond donors (Lipinski definition) is 0. The smallest absolute Gasteiger partial charge is 0.300 e. The van der Waals surface area contributed by atoms with Gasteiger partial charge in [-0.2, -0.15) is 4.52 Å². The van der Waals surface area contributed by atoms with Gasteiger partial charge in [0.05, 0.1) is 5.02 Å². The maximum Gasteiger partial charge on any atom is 0.300 e. The molecule has 3 rings (SSSR count). The molecule has 0 aliphatic heterocycles. The number of nitrogens with zero attached hydrogens (tertiary/aromatic N) is 3. The van der Waals surface area contributed by atoms with Crippen LogP contribution in [0.25, 0.3) is 4.96 Å². The Morgan fingerprint density at radius 2 is 2.19 bits per heavy atom. The molecule has 21 heavy (non-hydrogen) atoms. The Morgan fingerprint density at radius 3 is 2.90 bits per heavy atom. The van der Waals surface area contributed by atoms with Crippen LogP contribution < -0.4 is 10.3 Å². The van der Waals surface area contributed by atoms with Gasteiger partial charge in [0, 0.05) is 11.8 Å². The highest BCUT2D eigenvalue weighted by Gasteiger charge is 2.11. The van der Waals surface area contributed by atoms with Crippen molar-refractivity contribution in [3.8, 4) is 10.9 Å². The topological polar surface area (TPSA) is 56.5 Å². The predicted molar refractivity (Wildman–Crippen MR) is 82.8 cm³/mol. The molecule has 0 aliphatic carbocycles. The van der Waals surface area contributed by atoms with Crippen molar-refractivity contribution in [3.63, 3.8) is 0 Å². The average molecular weight is 322 g/mol. The summed E-state index contributed by atoms with van der Waals surface area (Å²) in [6.45, 7) is 3.89. The molecule has 0 saturated heterocycles. The van der Waals surface area contributed by atoms with E-state index >= 15 is 0 Å². The average Bonchev–Trinajstić information content (AvgIpc) is 2.85. The summed E-state index contributed by atoms with van der Waals surface area (Å²) in [7, 11) is 0. The second kappa shape index (κ2) is 5.46. The second-order valence-electron chi connectivity index (χ2n) is 4.54. The van der Waals surface area contributed by atoms with Crippen LogP contribution in [0.1, 0.15) is 18.2 Å². The summed E-state index contributed by atoms with van der Waals surface area (Å²) in [4.78, 5) is 16.8. The van der Waals surface area contributed by atoms with Crippen molar-refractivity contribution >= 4 is 27.9 Å². The molecule has 2 heterocycles. The number of ether oxygens (including phenoxy) is 1. The minimum atomic E-state index is -0.210. The number of benzene rings is 1. The van der Waals surface area contributed by atoms with Gasteiger partial charge < -0.3 is 4.74 Å². The molecule has 0 fully saturated rings. The van der Waals surface area contributed by atoms with Gasteiger partial charge in [-0.25, -0.2) is 4.98 Å². The third-order valence-corrected chi connectivity index (χ3v) is 4.01. The van der Waals surface area contributed by atoms with Gasteiger partial charge in [0.2, 0.25) is 4.96 Å². The van der Waals surface area contributed by atoms with Crippen LogP contribution in [0.4, 0.5) is 0 Å². The fourth-order valence-electron chi connectivity index (χ4n) is 1.84. The van der Waals surface area contributed by atoms with Crippen molar-refractivity contribution in [2.24, 2.45) is 0 Å². The van der Waals surface area contributed by atoms with Crippen LogP contribution in [0.3, 0.4) is 0 Å². The Kier molecular flexibility index (Phi) is 3.65. The van der Waals surface area contributed by atoms with Gasteiger partial charge >= 0.3 is 0 Å². The largest absolute Gasteiger partial charge is 0.428 e. The normalized spacial score (nSPS) is 11.0. The first kappa shape index (κ1) is 14.0. The summed E-state index contributed by atoms with van der Waals surface area (Å²) in [5.41, 5.74) is 1.57. The molecule has 7 heteroatoms.